The van der Waals surface area contributed by atoms with Crippen LogP contribution in [0, 0.1) is 17.5 Å². The first-order valence-electron chi connectivity index (χ1n) is 12.5. The van der Waals surface area contributed by atoms with Gasteiger partial charge in [-0.25, -0.2) is 18.0 Å². The molecule has 0 spiro atoms. The second kappa shape index (κ2) is 10.6. The summed E-state index contributed by atoms with van der Waals surface area (Å²) in [5, 5.41) is 5.60. The van der Waals surface area contributed by atoms with Crippen molar-refractivity contribution in [3.63, 3.8) is 0 Å². The van der Waals surface area contributed by atoms with Gasteiger partial charge in [0.1, 0.15) is 45.8 Å². The van der Waals surface area contributed by atoms with E-state index in [1.54, 1.807) is 31.5 Å². The lowest BCUT2D eigenvalue weighted by atomic mass is 9.96. The highest BCUT2D eigenvalue weighted by atomic mass is 32.1. The number of pyridine rings is 1. The lowest BCUT2D eigenvalue weighted by molar-refractivity contribution is 0.0194. The number of aromatic nitrogens is 3. The number of benzene rings is 1. The summed E-state index contributed by atoms with van der Waals surface area (Å²) < 4.78 is 62.8. The number of fused-ring (bicyclic) bond motifs is 2. The normalized spacial score (nSPS) is 13.5. The van der Waals surface area contributed by atoms with Crippen molar-refractivity contribution in [1.29, 1.82) is 0 Å². The highest BCUT2D eigenvalue weighted by Crippen LogP contribution is 2.44. The molecule has 4 aromatic rings. The smallest absolute Gasteiger partial charge is 0.410 e. The molecule has 0 radical (unpaired) electrons. The average molecular weight is 577 g/mol. The Morgan fingerprint density at radius 2 is 1.88 bits per heavy atom. The zero-order chi connectivity index (χ0) is 28.8. The van der Waals surface area contributed by atoms with E-state index in [4.69, 9.17) is 14.2 Å². The van der Waals surface area contributed by atoms with Gasteiger partial charge in [0, 0.05) is 42.1 Å². The van der Waals surface area contributed by atoms with Crippen LogP contribution in [-0.2, 0) is 22.6 Å². The van der Waals surface area contributed by atoms with Gasteiger partial charge in [0.25, 0.3) is 5.56 Å². The Kier molecular flexibility index (Phi) is 7.36. The van der Waals surface area contributed by atoms with E-state index in [2.05, 4.69) is 10.1 Å². The monoisotopic (exact) mass is 576 g/mol. The van der Waals surface area contributed by atoms with Gasteiger partial charge >= 0.3 is 6.09 Å². The van der Waals surface area contributed by atoms with E-state index < -0.39 is 34.7 Å². The summed E-state index contributed by atoms with van der Waals surface area (Å²) in [6, 6.07) is 3.30. The third-order valence-electron chi connectivity index (χ3n) is 6.21. The van der Waals surface area contributed by atoms with Crippen LogP contribution >= 0.6 is 11.3 Å². The molecule has 1 N–H and O–H groups in total. The van der Waals surface area contributed by atoms with Crippen LogP contribution in [0.5, 0.6) is 5.75 Å². The summed E-state index contributed by atoms with van der Waals surface area (Å²) in [5.41, 5.74) is -0.648. The standard InChI is InChI=1S/C27H27F3N4O5S/c1-27(2,3)39-26(36)33-5-6-34-15(12-33)11-18(32-34)23-22(21-17(30)13-40-24(21)25(35)31-23)20-16(29)9-14(28)10-19(20)38-8-7-37-4/h9-11,13H,5-8,12H2,1-4H3,(H,31,35). The summed E-state index contributed by atoms with van der Waals surface area (Å²) in [6.07, 6.45) is -0.483. The molecule has 1 amide bonds. The van der Waals surface area contributed by atoms with Gasteiger partial charge in [-0.05, 0) is 26.8 Å². The molecule has 40 heavy (non-hydrogen) atoms. The van der Waals surface area contributed by atoms with Crippen LogP contribution in [0.25, 0.3) is 32.6 Å². The number of carbonyl (C=O) groups is 1. The van der Waals surface area contributed by atoms with Crippen molar-refractivity contribution in [3.05, 3.63) is 57.1 Å². The number of H-pyrrole nitrogens is 1. The highest BCUT2D eigenvalue weighted by Gasteiger charge is 2.30. The Morgan fingerprint density at radius 1 is 1.10 bits per heavy atom. The Hall–Kier alpha value is -3.84. The van der Waals surface area contributed by atoms with Gasteiger partial charge in [0.05, 0.1) is 36.6 Å². The van der Waals surface area contributed by atoms with Crippen molar-refractivity contribution < 1.29 is 32.2 Å². The maximum Gasteiger partial charge on any atom is 0.410 e. The van der Waals surface area contributed by atoms with E-state index in [0.717, 1.165) is 22.8 Å². The Bertz CT molecular complexity index is 1660. The molecule has 0 saturated carbocycles. The number of ether oxygens (including phenoxy) is 3. The van der Waals surface area contributed by atoms with Gasteiger partial charge in [0.2, 0.25) is 0 Å². The van der Waals surface area contributed by atoms with Crippen LogP contribution in [0.3, 0.4) is 0 Å². The first-order chi connectivity index (χ1) is 19.0. The number of hydrogen-bond donors (Lipinski definition) is 1. The molecule has 0 aliphatic carbocycles. The number of carbonyl (C=O) groups excluding carboxylic acids is 1. The lowest BCUT2D eigenvalue weighted by Gasteiger charge is -2.30. The largest absolute Gasteiger partial charge is 0.490 e. The van der Waals surface area contributed by atoms with E-state index in [0.29, 0.717) is 24.8 Å². The van der Waals surface area contributed by atoms with Crippen LogP contribution in [0.2, 0.25) is 0 Å². The molecule has 0 bridgehead atoms. The van der Waals surface area contributed by atoms with Crippen LogP contribution in [0.1, 0.15) is 26.5 Å². The SMILES string of the molecule is COCCOc1cc(F)cc(F)c1-c1c(-c2cc3n(n2)CCN(C(=O)OC(C)(C)C)C3)[nH]c(=O)c2scc(F)c12. The third kappa shape index (κ3) is 5.30. The predicted molar refractivity (Wildman–Crippen MR) is 143 cm³/mol. The minimum atomic E-state index is -1.01. The fourth-order valence-electron chi connectivity index (χ4n) is 4.55. The van der Waals surface area contributed by atoms with Crippen LogP contribution < -0.4 is 10.3 Å². The first-order valence-corrected chi connectivity index (χ1v) is 13.3. The van der Waals surface area contributed by atoms with Crippen molar-refractivity contribution in [1.82, 2.24) is 19.7 Å². The number of amides is 1. The number of halogens is 3. The molecular formula is C27H27F3N4O5S. The quantitative estimate of drug-likeness (QED) is 0.312. The highest BCUT2D eigenvalue weighted by molar-refractivity contribution is 7.17. The molecule has 4 heterocycles. The Labute approximate surface area is 231 Å². The molecule has 0 saturated heterocycles. The minimum absolute atomic E-state index is 0.0282. The minimum Gasteiger partial charge on any atom is -0.490 e. The van der Waals surface area contributed by atoms with Crippen molar-refractivity contribution in [2.75, 3.05) is 26.9 Å². The number of nitrogens with one attached hydrogen (secondary N) is 1. The molecule has 1 aliphatic rings. The number of aromatic amines is 1. The van der Waals surface area contributed by atoms with Crippen molar-refractivity contribution in [2.45, 2.75) is 39.5 Å². The zero-order valence-electron chi connectivity index (χ0n) is 22.3. The van der Waals surface area contributed by atoms with E-state index in [1.165, 1.54) is 12.0 Å². The zero-order valence-corrected chi connectivity index (χ0v) is 23.1. The Balaban J connectivity index is 1.67. The molecule has 13 heteroatoms. The van der Waals surface area contributed by atoms with E-state index >= 15 is 8.78 Å². The molecule has 5 rings (SSSR count). The van der Waals surface area contributed by atoms with Crippen molar-refractivity contribution in [3.8, 4) is 28.3 Å². The fraction of sp³-hybridized carbons (Fsp3) is 0.370. The molecule has 3 aromatic heterocycles. The second-order valence-electron chi connectivity index (χ2n) is 10.2. The van der Waals surface area contributed by atoms with Gasteiger partial charge in [0.15, 0.2) is 0 Å². The third-order valence-corrected chi connectivity index (χ3v) is 7.16. The topological polar surface area (TPSA) is 98.7 Å². The van der Waals surface area contributed by atoms with E-state index in [9.17, 15) is 14.0 Å². The lowest BCUT2D eigenvalue weighted by Crippen LogP contribution is -2.41. The number of methoxy groups -OCH3 is 1. The van der Waals surface area contributed by atoms with E-state index in [-0.39, 0.29) is 58.1 Å². The summed E-state index contributed by atoms with van der Waals surface area (Å²) in [5.74, 6) is -2.82. The summed E-state index contributed by atoms with van der Waals surface area (Å²) in [6.45, 7) is 6.27. The van der Waals surface area contributed by atoms with Crippen LogP contribution in [0.15, 0.2) is 28.4 Å². The van der Waals surface area contributed by atoms with E-state index in [1.807, 2.05) is 0 Å². The molecule has 0 fully saturated rings. The van der Waals surface area contributed by atoms with Crippen LogP contribution in [0.4, 0.5) is 18.0 Å². The molecule has 0 atom stereocenters. The number of hydrogen-bond acceptors (Lipinski definition) is 7. The number of rotatable bonds is 6. The predicted octanol–water partition coefficient (Wildman–Crippen LogP) is 5.31. The molecule has 212 valence electrons. The van der Waals surface area contributed by atoms with Gasteiger partial charge in [-0.3, -0.25) is 9.48 Å². The molecule has 1 aromatic carbocycles. The van der Waals surface area contributed by atoms with Gasteiger partial charge in [-0.2, -0.15) is 5.10 Å². The number of thiophene rings is 1. The van der Waals surface area contributed by atoms with Crippen LogP contribution in [-0.4, -0.2) is 58.2 Å². The number of nitrogens with zero attached hydrogens (tertiary/aromatic N) is 3. The van der Waals surface area contributed by atoms with Crippen molar-refractivity contribution >= 4 is 27.5 Å². The van der Waals surface area contributed by atoms with Crippen molar-refractivity contribution in [2.24, 2.45) is 0 Å². The first kappa shape index (κ1) is 27.7. The summed E-state index contributed by atoms with van der Waals surface area (Å²) in [4.78, 5) is 29.9. The summed E-state index contributed by atoms with van der Waals surface area (Å²) >= 11 is 0.865. The molecular weight excluding hydrogens is 549 g/mol. The molecule has 0 unspecified atom stereocenters. The summed E-state index contributed by atoms with van der Waals surface area (Å²) in [7, 11) is 1.45. The van der Waals surface area contributed by atoms with Gasteiger partial charge in [-0.15, -0.1) is 11.3 Å². The van der Waals surface area contributed by atoms with Gasteiger partial charge in [-0.1, -0.05) is 0 Å². The average Bonchev–Trinajstić information content (AvgIpc) is 3.47. The maximum absolute atomic E-state index is 15.5. The fourth-order valence-corrected chi connectivity index (χ4v) is 5.36. The Morgan fingerprint density at radius 3 is 2.60 bits per heavy atom. The molecule has 1 aliphatic heterocycles. The second-order valence-corrected chi connectivity index (χ2v) is 11.1. The molecule has 9 nitrogen and oxygen atoms in total. The van der Waals surface area contributed by atoms with Gasteiger partial charge < -0.3 is 24.1 Å². The maximum atomic E-state index is 15.5.